The smallest absolute Gasteiger partial charge is 0.203 e. The Bertz CT molecular complexity index is 999. The fraction of sp³-hybridized carbons (Fsp3) is 0.318. The van der Waals surface area contributed by atoms with Crippen LogP contribution in [0.15, 0.2) is 60.9 Å². The molecule has 2 heterocycles. The van der Waals surface area contributed by atoms with Crippen LogP contribution in [-0.4, -0.2) is 38.1 Å². The SMILES string of the molecule is Cc1ccc(C(=O)C2CCN(Cn3ncn(-c4ccccc4)c3=S)CC2)cc1. The lowest BCUT2D eigenvalue weighted by atomic mass is 9.89. The van der Waals surface area contributed by atoms with Gasteiger partial charge in [0.05, 0.1) is 6.67 Å². The molecule has 0 unspecified atom stereocenters. The lowest BCUT2D eigenvalue weighted by Gasteiger charge is -2.30. The highest BCUT2D eigenvalue weighted by Crippen LogP contribution is 2.22. The predicted molar refractivity (Wildman–Crippen MR) is 112 cm³/mol. The molecule has 0 bridgehead atoms. The second kappa shape index (κ2) is 8.20. The molecule has 1 aliphatic rings. The Morgan fingerprint density at radius 1 is 1.07 bits per heavy atom. The number of likely N-dealkylation sites (tertiary alicyclic amines) is 1. The molecular weight excluding hydrogens is 368 g/mol. The van der Waals surface area contributed by atoms with E-state index in [9.17, 15) is 4.79 Å². The summed E-state index contributed by atoms with van der Waals surface area (Å²) in [5.41, 5.74) is 3.02. The van der Waals surface area contributed by atoms with Gasteiger partial charge in [-0.05, 0) is 44.1 Å². The number of hydrogen-bond acceptors (Lipinski definition) is 4. The monoisotopic (exact) mass is 392 g/mol. The fourth-order valence-corrected chi connectivity index (χ4v) is 3.94. The van der Waals surface area contributed by atoms with Gasteiger partial charge >= 0.3 is 0 Å². The van der Waals surface area contributed by atoms with Gasteiger partial charge in [-0.1, -0.05) is 48.0 Å². The number of ketones is 1. The lowest BCUT2D eigenvalue weighted by Crippen LogP contribution is -2.37. The normalized spacial score (nSPS) is 15.6. The quantitative estimate of drug-likeness (QED) is 0.481. The maximum Gasteiger partial charge on any atom is 0.203 e. The van der Waals surface area contributed by atoms with Gasteiger partial charge < -0.3 is 0 Å². The van der Waals surface area contributed by atoms with Crippen molar-refractivity contribution in [2.45, 2.75) is 26.4 Å². The molecule has 5 nitrogen and oxygen atoms in total. The molecule has 0 spiro atoms. The van der Waals surface area contributed by atoms with Gasteiger partial charge in [0.1, 0.15) is 6.33 Å². The highest BCUT2D eigenvalue weighted by atomic mass is 32.1. The topological polar surface area (TPSA) is 43.1 Å². The van der Waals surface area contributed by atoms with Crippen molar-refractivity contribution in [1.29, 1.82) is 0 Å². The number of benzene rings is 2. The zero-order chi connectivity index (χ0) is 19.5. The standard InChI is InChI=1S/C22H24N4OS/c1-17-7-9-18(10-8-17)21(27)19-11-13-24(14-12-19)16-26-22(28)25(15-23-26)20-5-3-2-4-6-20/h2-10,15,19H,11-14,16H2,1H3. The number of aryl methyl sites for hydroxylation is 1. The molecule has 0 atom stereocenters. The van der Waals surface area contributed by atoms with Gasteiger partial charge in [-0.15, -0.1) is 0 Å². The summed E-state index contributed by atoms with van der Waals surface area (Å²) in [6.45, 7) is 4.45. The van der Waals surface area contributed by atoms with Crippen LogP contribution >= 0.6 is 12.2 Å². The van der Waals surface area contributed by atoms with E-state index in [0.29, 0.717) is 11.4 Å². The first-order chi connectivity index (χ1) is 13.6. The van der Waals surface area contributed by atoms with E-state index in [2.05, 4.69) is 10.00 Å². The number of carbonyl (C=O) groups is 1. The molecule has 1 aliphatic heterocycles. The van der Waals surface area contributed by atoms with Crippen molar-refractivity contribution in [3.63, 3.8) is 0 Å². The molecule has 0 amide bonds. The average Bonchev–Trinajstić information content (AvgIpc) is 3.09. The van der Waals surface area contributed by atoms with Crippen LogP contribution in [0.25, 0.3) is 5.69 Å². The molecule has 6 heteroatoms. The fourth-order valence-electron chi connectivity index (χ4n) is 3.68. The number of para-hydroxylation sites is 1. The highest BCUT2D eigenvalue weighted by Gasteiger charge is 2.26. The number of rotatable bonds is 5. The van der Waals surface area contributed by atoms with Gasteiger partial charge in [0, 0.05) is 30.3 Å². The van der Waals surface area contributed by atoms with Crippen molar-refractivity contribution < 1.29 is 4.79 Å². The Hall–Kier alpha value is -2.57. The summed E-state index contributed by atoms with van der Waals surface area (Å²) in [6, 6.07) is 17.9. The minimum atomic E-state index is 0.105. The molecular formula is C22H24N4OS. The van der Waals surface area contributed by atoms with Crippen LogP contribution in [0, 0.1) is 17.6 Å². The van der Waals surface area contributed by atoms with Crippen molar-refractivity contribution in [3.8, 4) is 5.69 Å². The van der Waals surface area contributed by atoms with Crippen molar-refractivity contribution in [3.05, 3.63) is 76.8 Å². The summed E-state index contributed by atoms with van der Waals surface area (Å²) in [6.07, 6.45) is 3.52. The van der Waals surface area contributed by atoms with Crippen molar-refractivity contribution in [1.82, 2.24) is 19.2 Å². The van der Waals surface area contributed by atoms with Gasteiger partial charge in [0.25, 0.3) is 0 Å². The molecule has 28 heavy (non-hydrogen) atoms. The van der Waals surface area contributed by atoms with Crippen LogP contribution in [-0.2, 0) is 6.67 Å². The van der Waals surface area contributed by atoms with Gasteiger partial charge in [0.15, 0.2) is 5.78 Å². The summed E-state index contributed by atoms with van der Waals surface area (Å²) in [4.78, 5) is 15.1. The van der Waals surface area contributed by atoms with Crippen LogP contribution in [0.2, 0.25) is 0 Å². The lowest BCUT2D eigenvalue weighted by molar-refractivity contribution is 0.0803. The molecule has 0 N–H and O–H groups in total. The summed E-state index contributed by atoms with van der Waals surface area (Å²) < 4.78 is 4.46. The van der Waals surface area contributed by atoms with Crippen LogP contribution in [0.5, 0.6) is 0 Å². The van der Waals surface area contributed by atoms with Crippen LogP contribution in [0.3, 0.4) is 0 Å². The molecule has 0 radical (unpaired) electrons. The van der Waals surface area contributed by atoms with E-state index in [-0.39, 0.29) is 11.7 Å². The Balaban J connectivity index is 1.37. The number of carbonyl (C=O) groups excluding carboxylic acids is 1. The minimum absolute atomic E-state index is 0.105. The molecule has 2 aromatic carbocycles. The number of hydrogen-bond donors (Lipinski definition) is 0. The second-order valence-electron chi connectivity index (χ2n) is 7.38. The maximum atomic E-state index is 12.7. The van der Waals surface area contributed by atoms with E-state index in [4.69, 9.17) is 12.2 Å². The predicted octanol–water partition coefficient (Wildman–Crippen LogP) is 4.26. The average molecular weight is 393 g/mol. The molecule has 1 saturated heterocycles. The summed E-state index contributed by atoms with van der Waals surface area (Å²) in [5, 5.41) is 4.46. The molecule has 0 saturated carbocycles. The first kappa shape index (κ1) is 18.8. The Morgan fingerprint density at radius 3 is 2.43 bits per heavy atom. The molecule has 0 aliphatic carbocycles. The zero-order valence-electron chi connectivity index (χ0n) is 16.0. The first-order valence-corrected chi connectivity index (χ1v) is 10.1. The third-order valence-corrected chi connectivity index (χ3v) is 5.80. The Kier molecular flexibility index (Phi) is 5.50. The number of aromatic nitrogens is 3. The van der Waals surface area contributed by atoms with E-state index in [0.717, 1.165) is 37.2 Å². The highest BCUT2D eigenvalue weighted by molar-refractivity contribution is 7.71. The summed E-state index contributed by atoms with van der Waals surface area (Å²) in [7, 11) is 0. The van der Waals surface area contributed by atoms with E-state index in [1.54, 1.807) is 6.33 Å². The maximum absolute atomic E-state index is 12.7. The second-order valence-corrected chi connectivity index (χ2v) is 7.75. The molecule has 4 rings (SSSR count). The Morgan fingerprint density at radius 2 is 1.75 bits per heavy atom. The molecule has 144 valence electrons. The van der Waals surface area contributed by atoms with E-state index in [1.807, 2.05) is 70.8 Å². The van der Waals surface area contributed by atoms with Crippen LogP contribution in [0.4, 0.5) is 0 Å². The third-order valence-electron chi connectivity index (χ3n) is 5.40. The minimum Gasteiger partial charge on any atom is -0.294 e. The van der Waals surface area contributed by atoms with Crippen molar-refractivity contribution in [2.75, 3.05) is 13.1 Å². The van der Waals surface area contributed by atoms with Crippen LogP contribution in [0.1, 0.15) is 28.8 Å². The van der Waals surface area contributed by atoms with Gasteiger partial charge in [-0.3, -0.25) is 14.3 Å². The summed E-state index contributed by atoms with van der Waals surface area (Å²) in [5.74, 6) is 0.374. The third kappa shape index (κ3) is 3.98. The van der Waals surface area contributed by atoms with Gasteiger partial charge in [-0.2, -0.15) is 5.10 Å². The molecule has 1 aromatic heterocycles. The van der Waals surface area contributed by atoms with E-state index < -0.39 is 0 Å². The molecule has 3 aromatic rings. The van der Waals surface area contributed by atoms with Crippen LogP contribution < -0.4 is 0 Å². The van der Waals surface area contributed by atoms with E-state index in [1.165, 1.54) is 5.56 Å². The summed E-state index contributed by atoms with van der Waals surface area (Å²) >= 11 is 5.60. The van der Waals surface area contributed by atoms with Crippen molar-refractivity contribution in [2.24, 2.45) is 5.92 Å². The van der Waals surface area contributed by atoms with Crippen molar-refractivity contribution >= 4 is 18.0 Å². The first-order valence-electron chi connectivity index (χ1n) is 9.65. The number of nitrogens with zero attached hydrogens (tertiary/aromatic N) is 4. The number of piperidine rings is 1. The van der Waals surface area contributed by atoms with E-state index >= 15 is 0 Å². The molecule has 1 fully saturated rings. The van der Waals surface area contributed by atoms with Gasteiger partial charge in [-0.25, -0.2) is 4.68 Å². The Labute approximate surface area is 170 Å². The van der Waals surface area contributed by atoms with Gasteiger partial charge in [0.2, 0.25) is 4.77 Å². The zero-order valence-corrected chi connectivity index (χ0v) is 16.8. The largest absolute Gasteiger partial charge is 0.294 e. The number of Topliss-reactive ketones (excluding diaryl/α,β-unsaturated/α-hetero) is 1.